The van der Waals surface area contributed by atoms with Gasteiger partial charge in [-0.2, -0.15) is 0 Å². The Hall–Kier alpha value is -1.89. The fourth-order valence-corrected chi connectivity index (χ4v) is 5.05. The van der Waals surface area contributed by atoms with Crippen molar-refractivity contribution in [3.8, 4) is 0 Å². The maximum atomic E-state index is 13.9. The Morgan fingerprint density at radius 1 is 1.06 bits per heavy atom. The second-order valence-electron chi connectivity index (χ2n) is 10.5. The zero-order chi connectivity index (χ0) is 26.8. The third-order valence-corrected chi connectivity index (χ3v) is 7.70. The van der Waals surface area contributed by atoms with Crippen molar-refractivity contribution in [2.45, 2.75) is 124 Å². The fourth-order valence-electron chi connectivity index (χ4n) is 5.05. The molecule has 0 spiro atoms. The topological polar surface area (TPSA) is 87.7 Å². The Balaban J connectivity index is 3.26. The van der Waals surface area contributed by atoms with Gasteiger partial charge in [0.1, 0.15) is 6.04 Å². The van der Waals surface area contributed by atoms with E-state index in [9.17, 15) is 14.4 Å². The predicted octanol–water partition coefficient (Wildman–Crippen LogP) is 4.60. The molecule has 1 saturated carbocycles. The van der Waals surface area contributed by atoms with Crippen LogP contribution in [0.2, 0.25) is 0 Å². The number of carbonyl (C=O) groups is 3. The summed E-state index contributed by atoms with van der Waals surface area (Å²) in [6.45, 7) is 16.1. The van der Waals surface area contributed by atoms with Crippen LogP contribution < -0.4 is 10.6 Å². The normalized spacial score (nSPS) is 17.7. The first-order valence-corrected chi connectivity index (χ1v) is 13.7. The van der Waals surface area contributed by atoms with E-state index < -0.39 is 11.6 Å². The number of amides is 2. The van der Waals surface area contributed by atoms with Crippen LogP contribution in [0.25, 0.3) is 0 Å². The summed E-state index contributed by atoms with van der Waals surface area (Å²) in [4.78, 5) is 41.5. The summed E-state index contributed by atoms with van der Waals surface area (Å²) in [6.07, 6.45) is 8.04. The second-order valence-corrected chi connectivity index (χ2v) is 10.5. The maximum absolute atomic E-state index is 13.9. The standard InChI is InChI=1S/C28H51N3O4/c1-10-21(8)30-28(11-2,12-3)27(34)29-24(22-16-14-15-17-22)25(32)31(9)23(19(5)6)18-20(7)26(33)35-13-4/h18-19,21-24,30H,10-17H2,1-9H3,(H,29,34)/t21?,23-,24+/m1/s1. The summed E-state index contributed by atoms with van der Waals surface area (Å²) in [6, 6.07) is -0.665. The van der Waals surface area contributed by atoms with Crippen molar-refractivity contribution in [1.29, 1.82) is 0 Å². The number of nitrogens with one attached hydrogen (secondary N) is 2. The molecular formula is C28H51N3O4. The Kier molecular flexibility index (Phi) is 13.0. The van der Waals surface area contributed by atoms with Crippen LogP contribution in [0.1, 0.15) is 100 Å². The Bertz CT molecular complexity index is 724. The van der Waals surface area contributed by atoms with Crippen LogP contribution in [0.4, 0.5) is 0 Å². The van der Waals surface area contributed by atoms with Crippen molar-refractivity contribution in [1.82, 2.24) is 15.5 Å². The monoisotopic (exact) mass is 493 g/mol. The van der Waals surface area contributed by atoms with E-state index in [0.29, 0.717) is 25.0 Å². The fraction of sp³-hybridized carbons (Fsp3) is 0.821. The van der Waals surface area contributed by atoms with E-state index in [4.69, 9.17) is 4.74 Å². The highest BCUT2D eigenvalue weighted by Crippen LogP contribution is 2.30. The van der Waals surface area contributed by atoms with Gasteiger partial charge in [-0.3, -0.25) is 9.59 Å². The molecule has 1 aliphatic rings. The van der Waals surface area contributed by atoms with E-state index in [0.717, 1.165) is 32.1 Å². The minimum atomic E-state index is -0.705. The smallest absolute Gasteiger partial charge is 0.333 e. The van der Waals surface area contributed by atoms with Gasteiger partial charge in [0.05, 0.1) is 18.2 Å². The van der Waals surface area contributed by atoms with Crippen LogP contribution in [0.15, 0.2) is 11.6 Å². The molecule has 202 valence electrons. The summed E-state index contributed by atoms with van der Waals surface area (Å²) in [5, 5.41) is 6.73. The highest BCUT2D eigenvalue weighted by Gasteiger charge is 2.41. The number of nitrogens with zero attached hydrogens (tertiary/aromatic N) is 1. The number of rotatable bonds is 14. The van der Waals surface area contributed by atoms with E-state index in [2.05, 4.69) is 24.5 Å². The first-order chi connectivity index (χ1) is 16.5. The van der Waals surface area contributed by atoms with Gasteiger partial charge < -0.3 is 20.3 Å². The third kappa shape index (κ3) is 8.33. The van der Waals surface area contributed by atoms with Crippen LogP contribution in [0.5, 0.6) is 0 Å². The Labute approximate surface area is 213 Å². The summed E-state index contributed by atoms with van der Waals surface area (Å²) in [5.41, 5.74) is -0.219. The Morgan fingerprint density at radius 3 is 2.09 bits per heavy atom. The molecule has 3 atom stereocenters. The third-order valence-electron chi connectivity index (χ3n) is 7.70. The molecule has 1 aliphatic carbocycles. The minimum Gasteiger partial charge on any atom is -0.463 e. The molecule has 1 rings (SSSR count). The molecule has 2 N–H and O–H groups in total. The van der Waals surface area contributed by atoms with E-state index in [-0.39, 0.29) is 41.7 Å². The molecule has 0 aromatic heterocycles. The number of likely N-dealkylation sites (N-methyl/N-ethyl adjacent to an activating group) is 1. The lowest BCUT2D eigenvalue weighted by molar-refractivity contribution is -0.141. The van der Waals surface area contributed by atoms with E-state index in [1.54, 1.807) is 25.8 Å². The molecule has 1 fully saturated rings. The van der Waals surface area contributed by atoms with E-state index in [1.165, 1.54) is 0 Å². The molecule has 2 amide bonds. The van der Waals surface area contributed by atoms with Gasteiger partial charge in [-0.25, -0.2) is 4.79 Å². The van der Waals surface area contributed by atoms with Gasteiger partial charge in [0.2, 0.25) is 11.8 Å². The molecule has 7 nitrogen and oxygen atoms in total. The highest BCUT2D eigenvalue weighted by atomic mass is 16.5. The molecule has 0 saturated heterocycles. The van der Waals surface area contributed by atoms with Crippen molar-refractivity contribution >= 4 is 17.8 Å². The van der Waals surface area contributed by atoms with Gasteiger partial charge in [0.25, 0.3) is 0 Å². The molecular weight excluding hydrogens is 442 g/mol. The number of esters is 1. The summed E-state index contributed by atoms with van der Waals surface area (Å²) >= 11 is 0. The number of ether oxygens (including phenoxy) is 1. The average Bonchev–Trinajstić information content (AvgIpc) is 3.37. The molecule has 0 aromatic rings. The van der Waals surface area contributed by atoms with Gasteiger partial charge in [-0.05, 0) is 64.7 Å². The number of hydrogen-bond donors (Lipinski definition) is 2. The van der Waals surface area contributed by atoms with Crippen molar-refractivity contribution in [2.24, 2.45) is 11.8 Å². The second kappa shape index (κ2) is 14.6. The quantitative estimate of drug-likeness (QED) is 0.273. The number of carbonyl (C=O) groups excluding carboxylic acids is 3. The molecule has 0 heterocycles. The molecule has 0 radical (unpaired) electrons. The van der Waals surface area contributed by atoms with Gasteiger partial charge in [-0.15, -0.1) is 0 Å². The summed E-state index contributed by atoms with van der Waals surface area (Å²) in [5.74, 6) is -0.355. The van der Waals surface area contributed by atoms with Crippen LogP contribution in [0.3, 0.4) is 0 Å². The Morgan fingerprint density at radius 2 is 1.63 bits per heavy atom. The molecule has 0 bridgehead atoms. The van der Waals surface area contributed by atoms with Gasteiger partial charge in [0.15, 0.2) is 0 Å². The summed E-state index contributed by atoms with van der Waals surface area (Å²) in [7, 11) is 1.78. The maximum Gasteiger partial charge on any atom is 0.333 e. The van der Waals surface area contributed by atoms with Crippen molar-refractivity contribution in [3.05, 3.63) is 11.6 Å². The van der Waals surface area contributed by atoms with Crippen molar-refractivity contribution in [2.75, 3.05) is 13.7 Å². The van der Waals surface area contributed by atoms with Crippen molar-refractivity contribution < 1.29 is 19.1 Å². The molecule has 0 aromatic carbocycles. The SMILES string of the molecule is CCOC(=O)C(C)=C[C@H](C(C)C)N(C)C(=O)[C@@H](NC(=O)C(CC)(CC)NC(C)CC)C1CCCC1. The lowest BCUT2D eigenvalue weighted by Gasteiger charge is -2.38. The zero-order valence-electron chi connectivity index (χ0n) is 23.7. The van der Waals surface area contributed by atoms with Crippen LogP contribution >= 0.6 is 0 Å². The number of hydrogen-bond acceptors (Lipinski definition) is 5. The largest absolute Gasteiger partial charge is 0.463 e. The lowest BCUT2D eigenvalue weighted by Crippen LogP contribution is -2.63. The van der Waals surface area contributed by atoms with Crippen molar-refractivity contribution in [3.63, 3.8) is 0 Å². The minimum absolute atomic E-state index is 0.0886. The van der Waals surface area contributed by atoms with E-state index >= 15 is 0 Å². The molecule has 1 unspecified atom stereocenters. The highest BCUT2D eigenvalue weighted by molar-refractivity contribution is 5.93. The molecule has 35 heavy (non-hydrogen) atoms. The first-order valence-electron chi connectivity index (χ1n) is 13.7. The van der Waals surface area contributed by atoms with Gasteiger partial charge in [0, 0.05) is 18.7 Å². The lowest BCUT2D eigenvalue weighted by atomic mass is 9.88. The van der Waals surface area contributed by atoms with E-state index in [1.807, 2.05) is 33.8 Å². The van der Waals surface area contributed by atoms with Crippen LogP contribution in [-0.2, 0) is 19.1 Å². The van der Waals surface area contributed by atoms with Gasteiger partial charge in [-0.1, -0.05) is 53.5 Å². The molecule has 0 aliphatic heterocycles. The molecule has 7 heteroatoms. The summed E-state index contributed by atoms with van der Waals surface area (Å²) < 4.78 is 5.13. The zero-order valence-corrected chi connectivity index (χ0v) is 23.7. The van der Waals surface area contributed by atoms with Crippen LogP contribution in [0, 0.1) is 11.8 Å². The predicted molar refractivity (Wildman–Crippen MR) is 142 cm³/mol. The van der Waals surface area contributed by atoms with Gasteiger partial charge >= 0.3 is 5.97 Å². The first kappa shape index (κ1) is 31.1. The average molecular weight is 494 g/mol. The van der Waals surface area contributed by atoms with Crippen LogP contribution in [-0.4, -0.2) is 60.0 Å².